The summed E-state index contributed by atoms with van der Waals surface area (Å²) >= 11 is 9.02. The van der Waals surface area contributed by atoms with Crippen molar-refractivity contribution in [3.05, 3.63) is 33.8 Å². The van der Waals surface area contributed by atoms with Gasteiger partial charge in [0, 0.05) is 42.8 Å². The quantitative estimate of drug-likeness (QED) is 0.652. The molecular formula is C15H22BrCl3N2O. The van der Waals surface area contributed by atoms with E-state index in [9.17, 15) is 4.79 Å². The molecule has 1 aromatic rings. The number of benzene rings is 1. The Morgan fingerprint density at radius 2 is 1.77 bits per heavy atom. The Kier molecular flexibility index (Phi) is 10.9. The summed E-state index contributed by atoms with van der Waals surface area (Å²) in [5, 5.41) is -0.412. The van der Waals surface area contributed by atoms with E-state index in [0.717, 1.165) is 37.2 Å². The van der Waals surface area contributed by atoms with E-state index in [1.165, 1.54) is 18.5 Å². The fraction of sp³-hybridized carbons (Fsp3) is 0.533. The first-order valence-corrected chi connectivity index (χ1v) is 8.20. The topological polar surface area (TPSA) is 23.6 Å². The van der Waals surface area contributed by atoms with E-state index in [-0.39, 0.29) is 24.8 Å². The zero-order valence-electron chi connectivity index (χ0n) is 12.6. The Morgan fingerprint density at radius 3 is 2.27 bits per heavy atom. The van der Waals surface area contributed by atoms with Crippen molar-refractivity contribution in [2.24, 2.45) is 0 Å². The Morgan fingerprint density at radius 1 is 1.18 bits per heavy atom. The van der Waals surface area contributed by atoms with Crippen molar-refractivity contribution in [3.8, 4) is 0 Å². The number of hydrogen-bond donors (Lipinski definition) is 0. The Bertz CT molecular complexity index is 480. The van der Waals surface area contributed by atoms with E-state index in [4.69, 9.17) is 11.6 Å². The van der Waals surface area contributed by atoms with E-state index in [2.05, 4.69) is 32.7 Å². The van der Waals surface area contributed by atoms with Crippen LogP contribution >= 0.6 is 52.3 Å². The van der Waals surface area contributed by atoms with Crippen molar-refractivity contribution in [1.82, 2.24) is 9.80 Å². The van der Waals surface area contributed by atoms with Crippen LogP contribution in [0.15, 0.2) is 22.7 Å². The van der Waals surface area contributed by atoms with Crippen molar-refractivity contribution in [1.29, 1.82) is 0 Å². The summed E-state index contributed by atoms with van der Waals surface area (Å²) in [5.74, 6) is 0. The van der Waals surface area contributed by atoms with Gasteiger partial charge < -0.3 is 4.90 Å². The number of nitrogens with zero attached hydrogens (tertiary/aromatic N) is 2. The minimum absolute atomic E-state index is 0. The van der Waals surface area contributed by atoms with Crippen LogP contribution in [0.2, 0.25) is 0 Å². The molecule has 0 radical (unpaired) electrons. The highest BCUT2D eigenvalue weighted by Gasteiger charge is 2.17. The number of hydrogen-bond acceptors (Lipinski definition) is 3. The second-order valence-corrected chi connectivity index (χ2v) is 6.40. The monoisotopic (exact) mass is 430 g/mol. The molecule has 0 aromatic heterocycles. The maximum atomic E-state index is 11.1. The molecule has 1 heterocycles. The first kappa shape index (κ1) is 22.2. The molecule has 1 aliphatic rings. The number of rotatable bonds is 5. The van der Waals surface area contributed by atoms with Gasteiger partial charge in [-0.3, -0.25) is 9.69 Å². The molecule has 7 heteroatoms. The lowest BCUT2D eigenvalue weighted by Gasteiger charge is -2.34. The third-order valence-corrected chi connectivity index (χ3v) is 4.64. The molecule has 2 rings (SSSR count). The maximum Gasteiger partial charge on any atom is 0.252 e. The molecule has 0 spiro atoms. The Labute approximate surface area is 158 Å². The highest BCUT2D eigenvalue weighted by Crippen LogP contribution is 2.22. The molecule has 0 N–H and O–H groups in total. The van der Waals surface area contributed by atoms with Crippen LogP contribution in [0.4, 0.5) is 0 Å². The summed E-state index contributed by atoms with van der Waals surface area (Å²) in [7, 11) is 0. The van der Waals surface area contributed by atoms with Crippen LogP contribution in [-0.2, 0) is 6.54 Å². The third-order valence-electron chi connectivity index (χ3n) is 3.68. The van der Waals surface area contributed by atoms with Crippen LogP contribution in [-0.4, -0.2) is 47.8 Å². The van der Waals surface area contributed by atoms with E-state index in [1.807, 2.05) is 6.07 Å². The van der Waals surface area contributed by atoms with Crippen LogP contribution in [0.5, 0.6) is 0 Å². The minimum atomic E-state index is -0.412. The SMILES string of the molecule is CCCN1CCN(Cc2ccc(C(=O)Cl)cc2Br)CC1.Cl.Cl. The molecule has 0 aliphatic carbocycles. The summed E-state index contributed by atoms with van der Waals surface area (Å²) in [6.45, 7) is 8.82. The van der Waals surface area contributed by atoms with Gasteiger partial charge in [0.2, 0.25) is 0 Å². The van der Waals surface area contributed by atoms with E-state index < -0.39 is 5.24 Å². The minimum Gasteiger partial charge on any atom is -0.301 e. The highest BCUT2D eigenvalue weighted by molar-refractivity contribution is 9.10. The van der Waals surface area contributed by atoms with E-state index in [0.29, 0.717) is 5.56 Å². The predicted molar refractivity (Wildman–Crippen MR) is 101 cm³/mol. The van der Waals surface area contributed by atoms with Crippen molar-refractivity contribution in [2.45, 2.75) is 19.9 Å². The average molecular weight is 433 g/mol. The normalized spacial score (nSPS) is 15.8. The molecule has 3 nitrogen and oxygen atoms in total. The molecule has 0 saturated carbocycles. The fourth-order valence-corrected chi connectivity index (χ4v) is 3.15. The van der Waals surface area contributed by atoms with Gasteiger partial charge in [0.25, 0.3) is 5.24 Å². The Balaban J connectivity index is 0.00000220. The van der Waals surface area contributed by atoms with Gasteiger partial charge in [-0.25, -0.2) is 0 Å². The number of carbonyl (C=O) groups excluding carboxylic acids is 1. The van der Waals surface area contributed by atoms with E-state index >= 15 is 0 Å². The van der Waals surface area contributed by atoms with Crippen molar-refractivity contribution < 1.29 is 4.79 Å². The van der Waals surface area contributed by atoms with Gasteiger partial charge in [0.15, 0.2) is 0 Å². The third kappa shape index (κ3) is 6.34. The molecule has 1 fully saturated rings. The number of carbonyl (C=O) groups is 1. The summed E-state index contributed by atoms with van der Waals surface area (Å²) < 4.78 is 0.958. The summed E-state index contributed by atoms with van der Waals surface area (Å²) in [4.78, 5) is 16.1. The molecule has 0 unspecified atom stereocenters. The molecule has 22 heavy (non-hydrogen) atoms. The van der Waals surface area contributed by atoms with Crippen molar-refractivity contribution >= 4 is 57.6 Å². The van der Waals surface area contributed by atoms with Gasteiger partial charge in [-0.2, -0.15) is 0 Å². The molecule has 0 bridgehead atoms. The number of piperazine rings is 1. The van der Waals surface area contributed by atoms with Crippen LogP contribution in [0.1, 0.15) is 29.3 Å². The first-order chi connectivity index (χ1) is 9.60. The van der Waals surface area contributed by atoms with Crippen molar-refractivity contribution in [2.75, 3.05) is 32.7 Å². The molecule has 126 valence electrons. The zero-order chi connectivity index (χ0) is 14.5. The van der Waals surface area contributed by atoms with Crippen LogP contribution in [0.3, 0.4) is 0 Å². The molecule has 0 amide bonds. The molecule has 1 saturated heterocycles. The second-order valence-electron chi connectivity index (χ2n) is 5.20. The second kappa shape index (κ2) is 10.8. The predicted octanol–water partition coefficient (Wildman–Crippen LogP) is 4.20. The molecular weight excluding hydrogens is 410 g/mol. The van der Waals surface area contributed by atoms with Gasteiger partial charge in [0.05, 0.1) is 0 Å². The van der Waals surface area contributed by atoms with Gasteiger partial charge in [-0.05, 0) is 42.3 Å². The van der Waals surface area contributed by atoms with E-state index in [1.54, 1.807) is 12.1 Å². The average Bonchev–Trinajstić information content (AvgIpc) is 2.43. The summed E-state index contributed by atoms with van der Waals surface area (Å²) in [6.07, 6.45) is 1.22. The van der Waals surface area contributed by atoms with Gasteiger partial charge in [0.1, 0.15) is 0 Å². The van der Waals surface area contributed by atoms with Gasteiger partial charge in [-0.15, -0.1) is 24.8 Å². The number of halogens is 4. The lowest BCUT2D eigenvalue weighted by molar-refractivity contribution is 0.108. The van der Waals surface area contributed by atoms with Gasteiger partial charge >= 0.3 is 0 Å². The van der Waals surface area contributed by atoms with Crippen LogP contribution in [0.25, 0.3) is 0 Å². The fourth-order valence-electron chi connectivity index (χ4n) is 2.53. The van der Waals surface area contributed by atoms with Crippen molar-refractivity contribution in [3.63, 3.8) is 0 Å². The van der Waals surface area contributed by atoms with Crippen LogP contribution < -0.4 is 0 Å². The molecule has 1 aromatic carbocycles. The lowest BCUT2D eigenvalue weighted by atomic mass is 10.1. The standard InChI is InChI=1S/C15H20BrClN2O.2ClH/c1-2-5-18-6-8-19(9-7-18)11-13-4-3-12(15(17)20)10-14(13)16;;/h3-4,10H,2,5-9,11H2,1H3;2*1H. The smallest absolute Gasteiger partial charge is 0.252 e. The molecule has 1 aliphatic heterocycles. The summed E-state index contributed by atoms with van der Waals surface area (Å²) in [6, 6.07) is 5.58. The maximum absolute atomic E-state index is 11.1. The molecule has 0 atom stereocenters. The largest absolute Gasteiger partial charge is 0.301 e. The van der Waals surface area contributed by atoms with Crippen LogP contribution in [0, 0.1) is 0 Å². The lowest BCUT2D eigenvalue weighted by Crippen LogP contribution is -2.46. The Hall–Kier alpha value is 0.160. The highest BCUT2D eigenvalue weighted by atomic mass is 79.9. The van der Waals surface area contributed by atoms with Gasteiger partial charge in [-0.1, -0.05) is 28.9 Å². The zero-order valence-corrected chi connectivity index (χ0v) is 16.5. The first-order valence-electron chi connectivity index (χ1n) is 7.03. The summed E-state index contributed by atoms with van der Waals surface area (Å²) in [5.41, 5.74) is 1.74.